The second-order valence-electron chi connectivity index (χ2n) is 9.87. The molecule has 0 aromatic heterocycles. The van der Waals surface area contributed by atoms with Crippen molar-refractivity contribution in [3.8, 4) is 0 Å². The molecule has 2 heterocycles. The second-order valence-corrected chi connectivity index (χ2v) is 10.3. The van der Waals surface area contributed by atoms with Gasteiger partial charge in [0.2, 0.25) is 0 Å². The number of benzene rings is 3. The highest BCUT2D eigenvalue weighted by molar-refractivity contribution is 6.30. The number of carbonyl (C=O) groups excluding carboxylic acids is 1. The van der Waals surface area contributed by atoms with Crippen molar-refractivity contribution in [3.05, 3.63) is 106 Å². The molecule has 182 valence electrons. The van der Waals surface area contributed by atoms with Crippen LogP contribution < -0.4 is 0 Å². The first kappa shape index (κ1) is 24.1. The first-order valence-electron chi connectivity index (χ1n) is 12.5. The minimum atomic E-state index is -0.106. The number of hydrogen-bond donors (Lipinski definition) is 0. The van der Waals surface area contributed by atoms with Crippen molar-refractivity contribution < 1.29 is 9.53 Å². The Kier molecular flexibility index (Phi) is 7.24. The van der Waals surface area contributed by atoms with Gasteiger partial charge in [-0.05, 0) is 66.8 Å². The van der Waals surface area contributed by atoms with Crippen LogP contribution in [0.1, 0.15) is 52.2 Å². The summed E-state index contributed by atoms with van der Waals surface area (Å²) in [5.41, 5.74) is 4.58. The molecule has 0 saturated carbocycles. The fourth-order valence-electron chi connectivity index (χ4n) is 5.59. The lowest BCUT2D eigenvalue weighted by Crippen LogP contribution is -2.43. The SMILES string of the molecule is CN(CC(CCN1CCC2(CC1)OCc1ccccc12)c1ccc(Cl)cc1)C(=O)c1ccccc1. The van der Waals surface area contributed by atoms with E-state index in [2.05, 4.69) is 41.3 Å². The maximum atomic E-state index is 13.0. The highest BCUT2D eigenvalue weighted by Crippen LogP contribution is 2.44. The predicted octanol–water partition coefficient (Wildman–Crippen LogP) is 6.11. The first-order valence-corrected chi connectivity index (χ1v) is 12.9. The van der Waals surface area contributed by atoms with E-state index in [9.17, 15) is 4.79 Å². The molecule has 1 amide bonds. The maximum absolute atomic E-state index is 13.0. The largest absolute Gasteiger partial charge is 0.365 e. The normalized spacial score (nSPS) is 17.8. The molecule has 1 fully saturated rings. The van der Waals surface area contributed by atoms with Crippen LogP contribution in [0.2, 0.25) is 5.02 Å². The topological polar surface area (TPSA) is 32.8 Å². The van der Waals surface area contributed by atoms with Gasteiger partial charge >= 0.3 is 0 Å². The van der Waals surface area contributed by atoms with E-state index in [1.807, 2.05) is 54.4 Å². The van der Waals surface area contributed by atoms with E-state index in [0.717, 1.165) is 56.1 Å². The smallest absolute Gasteiger partial charge is 0.253 e. The molecule has 4 nitrogen and oxygen atoms in total. The van der Waals surface area contributed by atoms with Gasteiger partial charge < -0.3 is 14.5 Å². The van der Waals surface area contributed by atoms with Crippen LogP contribution in [0, 0.1) is 0 Å². The summed E-state index contributed by atoms with van der Waals surface area (Å²) in [5, 5.41) is 0.736. The van der Waals surface area contributed by atoms with Crippen LogP contribution in [0.4, 0.5) is 0 Å². The predicted molar refractivity (Wildman–Crippen MR) is 141 cm³/mol. The average Bonchev–Trinajstić information content (AvgIpc) is 3.26. The molecule has 2 aliphatic rings. The van der Waals surface area contributed by atoms with E-state index in [4.69, 9.17) is 16.3 Å². The molecule has 0 N–H and O–H groups in total. The van der Waals surface area contributed by atoms with Crippen molar-refractivity contribution in [3.63, 3.8) is 0 Å². The zero-order valence-electron chi connectivity index (χ0n) is 20.3. The number of fused-ring (bicyclic) bond motifs is 2. The van der Waals surface area contributed by atoms with Crippen LogP contribution in [0.3, 0.4) is 0 Å². The fraction of sp³-hybridized carbons (Fsp3) is 0.367. The summed E-state index contributed by atoms with van der Waals surface area (Å²) in [6.07, 6.45) is 3.04. The third kappa shape index (κ3) is 5.30. The van der Waals surface area contributed by atoms with E-state index < -0.39 is 0 Å². The molecule has 35 heavy (non-hydrogen) atoms. The van der Waals surface area contributed by atoms with Crippen molar-refractivity contribution in [1.29, 1.82) is 0 Å². The summed E-state index contributed by atoms with van der Waals surface area (Å²) in [6, 6.07) is 26.3. The summed E-state index contributed by atoms with van der Waals surface area (Å²) in [7, 11) is 1.90. The van der Waals surface area contributed by atoms with Crippen LogP contribution in [0.5, 0.6) is 0 Å². The molecule has 0 radical (unpaired) electrons. The summed E-state index contributed by atoms with van der Waals surface area (Å²) in [4.78, 5) is 17.4. The second kappa shape index (κ2) is 10.5. The molecule has 1 spiro atoms. The van der Waals surface area contributed by atoms with Crippen molar-refractivity contribution in [2.75, 3.05) is 33.2 Å². The molecular formula is C30H33ClN2O2. The Morgan fingerprint density at radius 1 is 1.00 bits per heavy atom. The summed E-state index contributed by atoms with van der Waals surface area (Å²) >= 11 is 6.16. The maximum Gasteiger partial charge on any atom is 0.253 e. The van der Waals surface area contributed by atoms with Gasteiger partial charge in [-0.25, -0.2) is 0 Å². The number of piperidine rings is 1. The highest BCUT2D eigenvalue weighted by Gasteiger charge is 2.42. The number of halogens is 1. The van der Waals surface area contributed by atoms with Crippen LogP contribution in [-0.2, 0) is 16.9 Å². The third-order valence-electron chi connectivity index (χ3n) is 7.67. The quantitative estimate of drug-likeness (QED) is 0.402. The number of rotatable bonds is 7. The molecular weight excluding hydrogens is 456 g/mol. The Morgan fingerprint density at radius 3 is 2.43 bits per heavy atom. The minimum absolute atomic E-state index is 0.0570. The number of ether oxygens (including phenoxy) is 1. The summed E-state index contributed by atoms with van der Waals surface area (Å²) < 4.78 is 6.34. The molecule has 1 atom stereocenters. The number of carbonyl (C=O) groups is 1. The van der Waals surface area contributed by atoms with Crippen molar-refractivity contribution in [2.45, 2.75) is 37.4 Å². The van der Waals surface area contributed by atoms with E-state index in [1.165, 1.54) is 16.7 Å². The molecule has 1 unspecified atom stereocenters. The van der Waals surface area contributed by atoms with Crippen LogP contribution in [0.15, 0.2) is 78.9 Å². The highest BCUT2D eigenvalue weighted by atomic mass is 35.5. The van der Waals surface area contributed by atoms with Gasteiger partial charge in [-0.3, -0.25) is 4.79 Å². The standard InChI is InChI=1S/C30H33ClN2O2/c1-32(29(34)24-7-3-2-4-8-24)21-25(23-11-13-27(31)14-12-23)15-18-33-19-16-30(17-20-33)28-10-6-5-9-26(28)22-35-30/h2-14,25H,15-22H2,1H3. The number of likely N-dealkylation sites (N-methyl/N-ethyl adjacent to an activating group) is 1. The fourth-order valence-corrected chi connectivity index (χ4v) is 5.71. The van der Waals surface area contributed by atoms with Gasteiger partial charge in [-0.2, -0.15) is 0 Å². The first-order chi connectivity index (χ1) is 17.0. The molecule has 0 aliphatic carbocycles. The molecule has 3 aromatic rings. The van der Waals surface area contributed by atoms with Crippen molar-refractivity contribution in [1.82, 2.24) is 9.80 Å². The summed E-state index contributed by atoms with van der Waals surface area (Å²) in [5.74, 6) is 0.297. The third-order valence-corrected chi connectivity index (χ3v) is 7.92. The van der Waals surface area contributed by atoms with Crippen LogP contribution >= 0.6 is 11.6 Å². The Hall–Kier alpha value is -2.66. The van der Waals surface area contributed by atoms with Gasteiger partial charge in [0.05, 0.1) is 12.2 Å². The van der Waals surface area contributed by atoms with Crippen molar-refractivity contribution in [2.24, 2.45) is 0 Å². The average molecular weight is 489 g/mol. The molecule has 5 heteroatoms. The van der Waals surface area contributed by atoms with Gasteiger partial charge in [0.15, 0.2) is 0 Å². The van der Waals surface area contributed by atoms with Crippen LogP contribution in [0.25, 0.3) is 0 Å². The lowest BCUT2D eigenvalue weighted by Gasteiger charge is -2.39. The van der Waals surface area contributed by atoms with E-state index in [0.29, 0.717) is 6.54 Å². The number of likely N-dealkylation sites (tertiary alicyclic amines) is 1. The number of amides is 1. The Labute approximate surface area is 213 Å². The van der Waals surface area contributed by atoms with Gasteiger partial charge in [0.25, 0.3) is 5.91 Å². The summed E-state index contributed by atoms with van der Waals surface area (Å²) in [6.45, 7) is 4.46. The van der Waals surface area contributed by atoms with Gasteiger partial charge in [-0.15, -0.1) is 0 Å². The van der Waals surface area contributed by atoms with E-state index in [-0.39, 0.29) is 17.4 Å². The van der Waals surface area contributed by atoms with Crippen molar-refractivity contribution >= 4 is 17.5 Å². The molecule has 0 bridgehead atoms. The molecule has 1 saturated heterocycles. The molecule has 3 aromatic carbocycles. The zero-order valence-corrected chi connectivity index (χ0v) is 21.1. The Balaban J connectivity index is 1.23. The Bertz CT molecular complexity index is 1140. The molecule has 2 aliphatic heterocycles. The molecule has 5 rings (SSSR count). The van der Waals surface area contributed by atoms with Gasteiger partial charge in [0.1, 0.15) is 0 Å². The van der Waals surface area contributed by atoms with Gasteiger partial charge in [0, 0.05) is 43.2 Å². The zero-order chi connectivity index (χ0) is 24.3. The van der Waals surface area contributed by atoms with E-state index in [1.54, 1.807) is 0 Å². The monoisotopic (exact) mass is 488 g/mol. The van der Waals surface area contributed by atoms with Gasteiger partial charge in [-0.1, -0.05) is 66.2 Å². The van der Waals surface area contributed by atoms with E-state index >= 15 is 0 Å². The lowest BCUT2D eigenvalue weighted by atomic mass is 9.83. The lowest BCUT2D eigenvalue weighted by molar-refractivity contribution is -0.0790. The minimum Gasteiger partial charge on any atom is -0.365 e. The number of nitrogens with zero attached hydrogens (tertiary/aromatic N) is 2. The Morgan fingerprint density at radius 2 is 1.69 bits per heavy atom. The number of hydrogen-bond acceptors (Lipinski definition) is 3. The van der Waals surface area contributed by atoms with Crippen LogP contribution in [-0.4, -0.2) is 48.9 Å².